The number of rotatable bonds is 7. The number of thioether (sulfide) groups is 1. The SMILES string of the molecule is Cc1cccc(CSCC(=O)NCC(C)(C)c2ccc3c(c2)OCO3)c1. The molecule has 0 saturated carbocycles. The normalized spacial score (nSPS) is 12.9. The van der Waals surface area contributed by atoms with Gasteiger partial charge in [-0.2, -0.15) is 0 Å². The standard InChI is InChI=1S/C21H25NO3S/c1-15-5-4-6-16(9-15)11-26-12-20(23)22-13-21(2,3)17-7-8-18-19(10-17)25-14-24-18/h4-10H,11-14H2,1-3H3,(H,22,23). The molecule has 0 unspecified atom stereocenters. The molecule has 0 fully saturated rings. The first-order chi connectivity index (χ1) is 12.4. The van der Waals surface area contributed by atoms with E-state index in [1.54, 1.807) is 11.8 Å². The van der Waals surface area contributed by atoms with Crippen LogP contribution in [-0.2, 0) is 16.0 Å². The second-order valence-corrected chi connectivity index (χ2v) is 8.20. The first-order valence-corrected chi connectivity index (χ1v) is 9.90. The fraction of sp³-hybridized carbons (Fsp3) is 0.381. The summed E-state index contributed by atoms with van der Waals surface area (Å²) in [5, 5.41) is 3.05. The molecule has 0 atom stereocenters. The highest BCUT2D eigenvalue weighted by Gasteiger charge is 2.24. The van der Waals surface area contributed by atoms with Gasteiger partial charge in [0.25, 0.3) is 0 Å². The van der Waals surface area contributed by atoms with Gasteiger partial charge in [0.2, 0.25) is 12.7 Å². The van der Waals surface area contributed by atoms with Crippen LogP contribution in [0.25, 0.3) is 0 Å². The predicted molar refractivity (Wildman–Crippen MR) is 106 cm³/mol. The van der Waals surface area contributed by atoms with Gasteiger partial charge in [0.15, 0.2) is 11.5 Å². The fourth-order valence-corrected chi connectivity index (χ4v) is 3.66. The second-order valence-electron chi connectivity index (χ2n) is 7.21. The number of benzene rings is 2. The Morgan fingerprint density at radius 3 is 2.77 bits per heavy atom. The average molecular weight is 372 g/mol. The van der Waals surface area contributed by atoms with Crippen molar-refractivity contribution in [2.45, 2.75) is 31.9 Å². The highest BCUT2D eigenvalue weighted by Crippen LogP contribution is 2.36. The van der Waals surface area contributed by atoms with E-state index >= 15 is 0 Å². The fourth-order valence-electron chi connectivity index (χ4n) is 2.85. The van der Waals surface area contributed by atoms with Gasteiger partial charge in [-0.1, -0.05) is 49.7 Å². The molecule has 1 heterocycles. The number of nitrogens with one attached hydrogen (secondary N) is 1. The summed E-state index contributed by atoms with van der Waals surface area (Å²) in [7, 11) is 0. The third kappa shape index (κ3) is 4.73. The zero-order valence-corrected chi connectivity index (χ0v) is 16.3. The van der Waals surface area contributed by atoms with E-state index in [1.165, 1.54) is 11.1 Å². The number of carbonyl (C=O) groups is 1. The van der Waals surface area contributed by atoms with E-state index in [9.17, 15) is 4.79 Å². The summed E-state index contributed by atoms with van der Waals surface area (Å²) < 4.78 is 10.8. The minimum atomic E-state index is -0.183. The highest BCUT2D eigenvalue weighted by molar-refractivity contribution is 7.99. The molecule has 1 N–H and O–H groups in total. The van der Waals surface area contributed by atoms with Crippen LogP contribution in [-0.4, -0.2) is 25.0 Å². The third-order valence-corrected chi connectivity index (χ3v) is 5.47. The van der Waals surface area contributed by atoms with E-state index in [4.69, 9.17) is 9.47 Å². The van der Waals surface area contributed by atoms with E-state index in [1.807, 2.05) is 18.2 Å². The molecule has 4 nitrogen and oxygen atoms in total. The molecule has 5 heteroatoms. The van der Waals surface area contributed by atoms with Crippen LogP contribution < -0.4 is 14.8 Å². The quantitative estimate of drug-likeness (QED) is 0.798. The Labute approximate surface area is 159 Å². The predicted octanol–water partition coefficient (Wildman–Crippen LogP) is 4.05. The van der Waals surface area contributed by atoms with E-state index in [-0.39, 0.29) is 18.1 Å². The molecule has 0 aromatic heterocycles. The summed E-state index contributed by atoms with van der Waals surface area (Å²) in [6.45, 7) is 7.17. The molecule has 0 bridgehead atoms. The molecule has 2 aromatic carbocycles. The van der Waals surface area contributed by atoms with Crippen molar-refractivity contribution in [1.82, 2.24) is 5.32 Å². The first-order valence-electron chi connectivity index (χ1n) is 8.74. The monoisotopic (exact) mass is 371 g/mol. The van der Waals surface area contributed by atoms with Gasteiger partial charge in [-0.3, -0.25) is 4.79 Å². The summed E-state index contributed by atoms with van der Waals surface area (Å²) in [6, 6.07) is 14.4. The molecule has 0 aliphatic carbocycles. The molecule has 26 heavy (non-hydrogen) atoms. The van der Waals surface area contributed by atoms with Gasteiger partial charge in [-0.15, -0.1) is 11.8 Å². The third-order valence-electron chi connectivity index (χ3n) is 4.47. The number of hydrogen-bond acceptors (Lipinski definition) is 4. The molecule has 138 valence electrons. The van der Waals surface area contributed by atoms with Crippen molar-refractivity contribution in [3.63, 3.8) is 0 Å². The van der Waals surface area contributed by atoms with Crippen LogP contribution >= 0.6 is 11.8 Å². The molecule has 1 amide bonds. The number of fused-ring (bicyclic) bond motifs is 1. The first kappa shape index (κ1) is 18.6. The Morgan fingerprint density at radius 1 is 1.15 bits per heavy atom. The van der Waals surface area contributed by atoms with Gasteiger partial charge in [0, 0.05) is 17.7 Å². The number of hydrogen-bond donors (Lipinski definition) is 1. The maximum atomic E-state index is 12.2. The Kier molecular flexibility index (Phi) is 5.77. The van der Waals surface area contributed by atoms with E-state index in [2.05, 4.69) is 50.4 Å². The van der Waals surface area contributed by atoms with Crippen LogP contribution in [0.3, 0.4) is 0 Å². The molecule has 3 rings (SSSR count). The van der Waals surface area contributed by atoms with Crippen molar-refractivity contribution in [3.05, 3.63) is 59.2 Å². The van der Waals surface area contributed by atoms with Gasteiger partial charge in [-0.05, 0) is 30.2 Å². The average Bonchev–Trinajstić information content (AvgIpc) is 3.08. The topological polar surface area (TPSA) is 47.6 Å². The van der Waals surface area contributed by atoms with Gasteiger partial charge in [0.1, 0.15) is 0 Å². The van der Waals surface area contributed by atoms with Crippen LogP contribution in [0.15, 0.2) is 42.5 Å². The molecule has 0 radical (unpaired) electrons. The lowest BCUT2D eigenvalue weighted by Gasteiger charge is -2.26. The zero-order valence-electron chi connectivity index (χ0n) is 15.5. The van der Waals surface area contributed by atoms with Gasteiger partial charge >= 0.3 is 0 Å². The Hall–Kier alpha value is -2.14. The van der Waals surface area contributed by atoms with Gasteiger partial charge < -0.3 is 14.8 Å². The Bertz CT molecular complexity index is 789. The number of ether oxygens (including phenoxy) is 2. The van der Waals surface area contributed by atoms with Crippen molar-refractivity contribution in [1.29, 1.82) is 0 Å². The minimum absolute atomic E-state index is 0.0662. The summed E-state index contributed by atoms with van der Waals surface area (Å²) >= 11 is 1.64. The molecule has 0 spiro atoms. The molecule has 0 saturated heterocycles. The lowest BCUT2D eigenvalue weighted by Crippen LogP contribution is -2.37. The molecule has 2 aromatic rings. The van der Waals surface area contributed by atoms with E-state index in [0.717, 1.165) is 22.8 Å². The number of aryl methyl sites for hydroxylation is 1. The van der Waals surface area contributed by atoms with Crippen LogP contribution in [0.5, 0.6) is 11.5 Å². The molecular weight excluding hydrogens is 346 g/mol. The van der Waals surface area contributed by atoms with Crippen molar-refractivity contribution >= 4 is 17.7 Å². The second kappa shape index (κ2) is 8.04. The van der Waals surface area contributed by atoms with Crippen molar-refractivity contribution in [2.75, 3.05) is 19.1 Å². The zero-order chi connectivity index (χ0) is 18.6. The summed E-state index contributed by atoms with van der Waals surface area (Å²) in [5.41, 5.74) is 3.44. The van der Waals surface area contributed by atoms with Crippen molar-refractivity contribution in [2.24, 2.45) is 0 Å². The van der Waals surface area contributed by atoms with Crippen molar-refractivity contribution in [3.8, 4) is 11.5 Å². The highest BCUT2D eigenvalue weighted by atomic mass is 32.2. The Morgan fingerprint density at radius 2 is 1.96 bits per heavy atom. The Balaban J connectivity index is 1.47. The smallest absolute Gasteiger partial charge is 0.231 e. The minimum Gasteiger partial charge on any atom is -0.454 e. The number of amides is 1. The van der Waals surface area contributed by atoms with Gasteiger partial charge in [-0.25, -0.2) is 0 Å². The molecule has 1 aliphatic rings. The summed E-state index contributed by atoms with van der Waals surface area (Å²) in [6.07, 6.45) is 0. The lowest BCUT2D eigenvalue weighted by molar-refractivity contribution is -0.118. The van der Waals surface area contributed by atoms with Crippen LogP contribution in [0.4, 0.5) is 0 Å². The molecule has 1 aliphatic heterocycles. The maximum Gasteiger partial charge on any atom is 0.231 e. The van der Waals surface area contributed by atoms with Gasteiger partial charge in [0.05, 0.1) is 5.75 Å². The van der Waals surface area contributed by atoms with Crippen LogP contribution in [0.1, 0.15) is 30.5 Å². The summed E-state index contributed by atoms with van der Waals surface area (Å²) in [5.74, 6) is 2.93. The van der Waals surface area contributed by atoms with Crippen LogP contribution in [0, 0.1) is 6.92 Å². The number of carbonyl (C=O) groups excluding carboxylic acids is 1. The largest absolute Gasteiger partial charge is 0.454 e. The van der Waals surface area contributed by atoms with Crippen molar-refractivity contribution < 1.29 is 14.3 Å². The van der Waals surface area contributed by atoms with E-state index < -0.39 is 0 Å². The van der Waals surface area contributed by atoms with Crippen LogP contribution in [0.2, 0.25) is 0 Å². The van der Waals surface area contributed by atoms with E-state index in [0.29, 0.717) is 12.3 Å². The summed E-state index contributed by atoms with van der Waals surface area (Å²) in [4.78, 5) is 12.2. The maximum absolute atomic E-state index is 12.2. The molecular formula is C21H25NO3S. The lowest BCUT2D eigenvalue weighted by atomic mass is 9.84.